The first-order chi connectivity index (χ1) is 27.0. The average Bonchev–Trinajstić information content (AvgIpc) is 3.32. The number of pyridine rings is 1. The third kappa shape index (κ3) is 7.86. The number of methoxy groups -OCH3 is 2. The second-order valence-corrected chi connectivity index (χ2v) is 19.5. The molecule has 306 valence electrons. The zero-order valence-electron chi connectivity index (χ0n) is 33.1. The summed E-state index contributed by atoms with van der Waals surface area (Å²) < 4.78 is 55.2. The number of aromatic nitrogens is 1. The molecule has 1 spiro atoms. The van der Waals surface area contributed by atoms with Crippen molar-refractivity contribution in [2.45, 2.75) is 74.2 Å². The van der Waals surface area contributed by atoms with Gasteiger partial charge in [-0.25, -0.2) is 18.1 Å². The van der Waals surface area contributed by atoms with Crippen molar-refractivity contribution in [2.24, 2.45) is 17.8 Å². The Morgan fingerprint density at radius 2 is 1.98 bits per heavy atom. The number of hydrogen-bond acceptors (Lipinski definition) is 11. The second kappa shape index (κ2) is 16.5. The highest BCUT2D eigenvalue weighted by Crippen LogP contribution is 2.49. The molecule has 4 aliphatic heterocycles. The molecule has 1 aromatic carbocycles. The maximum Gasteiger partial charge on any atom is 0.283 e. The predicted octanol–water partition coefficient (Wildman–Crippen LogP) is 4.70. The number of piperazine rings is 1. The lowest BCUT2D eigenvalue weighted by Gasteiger charge is -2.53. The fourth-order valence-electron chi connectivity index (χ4n) is 10.6. The van der Waals surface area contributed by atoms with Crippen LogP contribution < -0.4 is 14.4 Å². The van der Waals surface area contributed by atoms with Gasteiger partial charge in [0.15, 0.2) is 11.6 Å². The smallest absolute Gasteiger partial charge is 0.283 e. The minimum Gasteiger partial charge on any atom is -0.489 e. The lowest BCUT2D eigenvalue weighted by Crippen LogP contribution is -2.62. The summed E-state index contributed by atoms with van der Waals surface area (Å²) in [5.74, 6) is 0.592. The normalized spacial score (nSPS) is 34.2. The molecule has 5 heterocycles. The molecule has 1 N–H and O–H groups in total. The van der Waals surface area contributed by atoms with E-state index < -0.39 is 26.8 Å². The highest BCUT2D eigenvalue weighted by molar-refractivity contribution is 7.90. The van der Waals surface area contributed by atoms with E-state index in [0.29, 0.717) is 43.7 Å². The Kier molecular flexibility index (Phi) is 11.8. The summed E-state index contributed by atoms with van der Waals surface area (Å²) in [6.45, 7) is 10.1. The van der Waals surface area contributed by atoms with Gasteiger partial charge in [0.1, 0.15) is 11.3 Å². The highest BCUT2D eigenvalue weighted by atomic mass is 35.5. The van der Waals surface area contributed by atoms with Crippen LogP contribution in [0, 0.1) is 17.8 Å². The summed E-state index contributed by atoms with van der Waals surface area (Å²) in [4.78, 5) is 26.2. The molecule has 0 radical (unpaired) electrons. The predicted molar refractivity (Wildman–Crippen MR) is 216 cm³/mol. The van der Waals surface area contributed by atoms with Crippen molar-refractivity contribution in [3.63, 3.8) is 0 Å². The van der Waals surface area contributed by atoms with Gasteiger partial charge in [-0.05, 0) is 98.1 Å². The van der Waals surface area contributed by atoms with Gasteiger partial charge in [-0.3, -0.25) is 14.6 Å². The van der Waals surface area contributed by atoms with Gasteiger partial charge in [0, 0.05) is 83.1 Å². The SMILES string of the molecule is COCC[C@H]1[C@@H](C)C/C=C\[C@](CN2CCN3CCOC[C@@H]3C2)(OC)[C@@H]2CC[C@H]2CN2C[C@@]3(CCCc4cc(Cl)ccc43)COc3ccc(nc32)C(=O)NS1(=O)=O. The Morgan fingerprint density at radius 1 is 1.11 bits per heavy atom. The van der Waals surface area contributed by atoms with Crippen LogP contribution in [0.25, 0.3) is 0 Å². The van der Waals surface area contributed by atoms with E-state index in [1.54, 1.807) is 19.2 Å². The van der Waals surface area contributed by atoms with Crippen LogP contribution in [0.2, 0.25) is 5.02 Å². The Morgan fingerprint density at radius 3 is 2.79 bits per heavy atom. The number of hydrogen-bond donors (Lipinski definition) is 1. The zero-order valence-corrected chi connectivity index (χ0v) is 34.7. The molecule has 8 rings (SSSR count). The fourth-order valence-corrected chi connectivity index (χ4v) is 12.4. The van der Waals surface area contributed by atoms with Crippen molar-refractivity contribution in [3.05, 3.63) is 64.3 Å². The number of sulfonamides is 1. The molecule has 2 aliphatic carbocycles. The molecule has 12 nitrogen and oxygen atoms in total. The van der Waals surface area contributed by atoms with Gasteiger partial charge in [0.25, 0.3) is 5.91 Å². The summed E-state index contributed by atoms with van der Waals surface area (Å²) in [6.07, 6.45) is 10.1. The monoisotopic (exact) mass is 811 g/mol. The third-order valence-electron chi connectivity index (χ3n) is 13.8. The quantitative estimate of drug-likeness (QED) is 0.409. The Bertz CT molecular complexity index is 1900. The van der Waals surface area contributed by atoms with Crippen molar-refractivity contribution in [3.8, 4) is 5.75 Å². The van der Waals surface area contributed by atoms with Crippen molar-refractivity contribution >= 4 is 33.3 Å². The number of aryl methyl sites for hydroxylation is 1. The average molecular weight is 812 g/mol. The molecule has 2 aromatic rings. The van der Waals surface area contributed by atoms with E-state index in [2.05, 4.69) is 43.7 Å². The number of nitrogens with one attached hydrogen (secondary N) is 1. The topological polar surface area (TPSA) is 123 Å². The van der Waals surface area contributed by atoms with Crippen LogP contribution in [0.5, 0.6) is 5.75 Å². The van der Waals surface area contributed by atoms with E-state index in [-0.39, 0.29) is 41.9 Å². The van der Waals surface area contributed by atoms with E-state index >= 15 is 0 Å². The maximum absolute atomic E-state index is 14.0. The van der Waals surface area contributed by atoms with Crippen molar-refractivity contribution in [1.82, 2.24) is 19.5 Å². The molecular weight excluding hydrogens is 754 g/mol. The molecule has 1 saturated carbocycles. The first-order valence-corrected chi connectivity index (χ1v) is 22.4. The number of carbonyl (C=O) groups excluding carboxylic acids is 1. The minimum absolute atomic E-state index is 0.0417. The van der Waals surface area contributed by atoms with Crippen molar-refractivity contribution < 1.29 is 32.2 Å². The molecule has 3 fully saturated rings. The number of ether oxygens (including phenoxy) is 4. The Hall–Kier alpha value is -2.78. The van der Waals surface area contributed by atoms with E-state index in [4.69, 9.17) is 35.5 Å². The molecule has 7 atom stereocenters. The molecule has 1 aromatic heterocycles. The van der Waals surface area contributed by atoms with Gasteiger partial charge in [-0.1, -0.05) is 36.7 Å². The van der Waals surface area contributed by atoms with Crippen LogP contribution in [0.4, 0.5) is 5.82 Å². The van der Waals surface area contributed by atoms with Crippen LogP contribution in [-0.2, 0) is 36.1 Å². The Balaban J connectivity index is 1.20. The number of halogens is 1. The Labute approximate surface area is 337 Å². The highest BCUT2D eigenvalue weighted by Gasteiger charge is 2.50. The van der Waals surface area contributed by atoms with Crippen LogP contribution in [-0.4, -0.2) is 132 Å². The van der Waals surface area contributed by atoms with E-state index in [1.807, 2.05) is 20.1 Å². The van der Waals surface area contributed by atoms with Crippen LogP contribution in [0.15, 0.2) is 42.5 Å². The van der Waals surface area contributed by atoms with E-state index in [9.17, 15) is 13.2 Å². The number of morpholine rings is 1. The molecule has 6 aliphatic rings. The van der Waals surface area contributed by atoms with Crippen molar-refractivity contribution in [1.29, 1.82) is 0 Å². The lowest BCUT2D eigenvalue weighted by molar-refractivity contribution is -0.108. The van der Waals surface area contributed by atoms with Gasteiger partial charge < -0.3 is 23.8 Å². The number of anilines is 1. The van der Waals surface area contributed by atoms with Crippen LogP contribution >= 0.6 is 11.6 Å². The van der Waals surface area contributed by atoms with Crippen molar-refractivity contribution in [2.75, 3.05) is 91.4 Å². The number of nitrogens with zero attached hydrogens (tertiary/aromatic N) is 4. The van der Waals surface area contributed by atoms with E-state index in [1.165, 1.54) is 11.1 Å². The van der Waals surface area contributed by atoms with Gasteiger partial charge in [0.05, 0.1) is 25.1 Å². The van der Waals surface area contributed by atoms with E-state index in [0.717, 1.165) is 83.1 Å². The molecular formula is C42H58ClN5O7S. The van der Waals surface area contributed by atoms with Gasteiger partial charge in [-0.15, -0.1) is 0 Å². The van der Waals surface area contributed by atoms with Crippen LogP contribution in [0.1, 0.15) is 67.1 Å². The summed E-state index contributed by atoms with van der Waals surface area (Å²) in [7, 11) is -0.714. The third-order valence-corrected chi connectivity index (χ3v) is 16.0. The number of fused-ring (bicyclic) bond motifs is 5. The minimum atomic E-state index is -4.11. The molecule has 14 heteroatoms. The standard InChI is InChI=1S/C42H58ClN5O7S/c1-29-6-4-16-42(53-3,27-46-17-18-47-19-21-54-25-33(47)24-46)35-10-8-31(35)23-48-26-41(15-5-7-30-22-32(43)9-11-34(30)41)28-55-37-13-12-36(44-39(37)48)40(49)45-56(50,51)38(29)14-20-52-2/h4,9,11-13,16,22,29,31,33,35,38H,5-8,10,14-15,17-21,23-28H2,1-3H3,(H,45,49)/b16-4-/t29-,31-,33-,35+,38-,41-,42+/m0/s1. The number of allylic oxidation sites excluding steroid dienone is 1. The van der Waals surface area contributed by atoms with Gasteiger partial charge in [-0.2, -0.15) is 0 Å². The van der Waals surface area contributed by atoms with Gasteiger partial charge in [0.2, 0.25) is 10.0 Å². The summed E-state index contributed by atoms with van der Waals surface area (Å²) in [6, 6.07) is 9.95. The molecule has 56 heavy (non-hydrogen) atoms. The summed E-state index contributed by atoms with van der Waals surface area (Å²) in [5, 5.41) is -0.134. The number of carbonyl (C=O) groups is 1. The maximum atomic E-state index is 14.0. The van der Waals surface area contributed by atoms with Crippen LogP contribution in [0.3, 0.4) is 0 Å². The molecule has 0 unspecified atom stereocenters. The fraction of sp³-hybridized carbons (Fsp3) is 0.667. The molecule has 2 saturated heterocycles. The number of amides is 1. The zero-order chi connectivity index (χ0) is 39.1. The summed E-state index contributed by atoms with van der Waals surface area (Å²) in [5.41, 5.74) is 1.61. The van der Waals surface area contributed by atoms with Gasteiger partial charge >= 0.3 is 0 Å². The number of rotatable bonds is 6. The number of benzene rings is 1. The molecule has 2 bridgehead atoms. The first-order valence-electron chi connectivity index (χ1n) is 20.5. The first kappa shape index (κ1) is 40.0. The molecule has 1 amide bonds. The summed E-state index contributed by atoms with van der Waals surface area (Å²) >= 11 is 6.52. The second-order valence-electron chi connectivity index (χ2n) is 17.1. The lowest BCUT2D eigenvalue weighted by atomic mass is 9.63. The largest absolute Gasteiger partial charge is 0.489 e.